The molecule has 0 aromatic heterocycles. The number of carbonyl (C=O) groups is 2. The van der Waals surface area contributed by atoms with E-state index >= 15 is 0 Å². The average molecular weight is 411 g/mol. The summed E-state index contributed by atoms with van der Waals surface area (Å²) in [6.07, 6.45) is 0.351. The van der Waals surface area contributed by atoms with E-state index in [9.17, 15) is 19.7 Å². The summed E-state index contributed by atoms with van der Waals surface area (Å²) in [4.78, 5) is 38.3. The molecule has 0 atom stereocenters. The second-order valence-electron chi connectivity index (χ2n) is 7.29. The number of aryl methyl sites for hydroxylation is 1. The van der Waals surface area contributed by atoms with Crippen LogP contribution < -0.4 is 16.0 Å². The van der Waals surface area contributed by atoms with Crippen molar-refractivity contribution < 1.29 is 14.5 Å². The Morgan fingerprint density at radius 3 is 2.33 bits per heavy atom. The Morgan fingerprint density at radius 2 is 1.77 bits per heavy atom. The van der Waals surface area contributed by atoms with Gasteiger partial charge in [-0.2, -0.15) is 0 Å². The van der Waals surface area contributed by atoms with Crippen molar-refractivity contribution >= 4 is 28.9 Å². The molecule has 0 saturated carbocycles. The molecule has 0 unspecified atom stereocenters. The number of amides is 2. The lowest BCUT2D eigenvalue weighted by Gasteiger charge is -2.36. The van der Waals surface area contributed by atoms with Gasteiger partial charge in [0, 0.05) is 68.2 Å². The third-order valence-corrected chi connectivity index (χ3v) is 5.24. The van der Waals surface area contributed by atoms with Gasteiger partial charge in [0.2, 0.25) is 11.8 Å². The van der Waals surface area contributed by atoms with E-state index in [2.05, 4.69) is 15.1 Å². The van der Waals surface area contributed by atoms with Crippen LogP contribution >= 0.6 is 0 Å². The molecule has 2 amide bonds. The molecule has 1 aliphatic rings. The van der Waals surface area contributed by atoms with Gasteiger partial charge in [0.1, 0.15) is 0 Å². The number of anilines is 2. The Morgan fingerprint density at radius 1 is 1.10 bits per heavy atom. The van der Waals surface area contributed by atoms with E-state index < -0.39 is 10.8 Å². The highest BCUT2D eigenvalue weighted by Gasteiger charge is 2.18. The van der Waals surface area contributed by atoms with Gasteiger partial charge in [-0.25, -0.2) is 0 Å². The number of primary amides is 1. The van der Waals surface area contributed by atoms with E-state index in [1.54, 1.807) is 25.1 Å². The highest BCUT2D eigenvalue weighted by Crippen LogP contribution is 2.21. The number of carbonyl (C=O) groups excluding carboxylic acids is 2. The zero-order chi connectivity index (χ0) is 21.7. The molecule has 1 aliphatic heterocycles. The Bertz CT molecular complexity index is 937. The number of rotatable bonds is 7. The van der Waals surface area contributed by atoms with Gasteiger partial charge in [0.05, 0.1) is 4.92 Å². The van der Waals surface area contributed by atoms with Gasteiger partial charge in [-0.1, -0.05) is 0 Å². The maximum atomic E-state index is 12.3. The van der Waals surface area contributed by atoms with Crippen molar-refractivity contribution in [2.75, 3.05) is 42.9 Å². The van der Waals surface area contributed by atoms with Crippen molar-refractivity contribution in [3.8, 4) is 0 Å². The third kappa shape index (κ3) is 5.32. The molecule has 3 N–H and O–H groups in total. The number of hydrogen-bond donors (Lipinski definition) is 2. The van der Waals surface area contributed by atoms with Crippen LogP contribution in [0.4, 0.5) is 17.1 Å². The smallest absolute Gasteiger partial charge is 0.269 e. The minimum atomic E-state index is -0.454. The third-order valence-electron chi connectivity index (χ3n) is 5.24. The molecular formula is C21H25N5O4. The first-order valence-electron chi connectivity index (χ1n) is 9.75. The molecule has 158 valence electrons. The van der Waals surface area contributed by atoms with Crippen molar-refractivity contribution in [1.29, 1.82) is 0 Å². The van der Waals surface area contributed by atoms with Gasteiger partial charge >= 0.3 is 0 Å². The zero-order valence-electron chi connectivity index (χ0n) is 16.8. The van der Waals surface area contributed by atoms with Gasteiger partial charge < -0.3 is 16.0 Å². The highest BCUT2D eigenvalue weighted by molar-refractivity contribution is 5.93. The molecule has 9 nitrogen and oxygen atoms in total. The number of non-ortho nitro benzene ring substituents is 1. The Hall–Kier alpha value is -3.46. The average Bonchev–Trinajstić information content (AvgIpc) is 2.74. The minimum absolute atomic E-state index is 0.00707. The van der Waals surface area contributed by atoms with Gasteiger partial charge in [-0.05, 0) is 42.8 Å². The molecule has 1 saturated heterocycles. The fourth-order valence-corrected chi connectivity index (χ4v) is 3.44. The number of nitrogens with two attached hydrogens (primary N) is 1. The van der Waals surface area contributed by atoms with Crippen LogP contribution in [-0.2, 0) is 4.79 Å². The predicted molar refractivity (Wildman–Crippen MR) is 115 cm³/mol. The quantitative estimate of drug-likeness (QED) is 0.532. The largest absolute Gasteiger partial charge is 0.369 e. The first kappa shape index (κ1) is 21.3. The zero-order valence-corrected chi connectivity index (χ0v) is 16.8. The second kappa shape index (κ2) is 9.36. The standard InChI is InChI=1S/C21H25N5O4/c1-15-14-18(26(29)30)6-7-19(15)23-20(27)8-9-24-10-12-25(13-11-24)17-4-2-16(3-5-17)21(22)28/h2-7,14H,8-13H2,1H3,(H2,22,28)(H,23,27). The van der Waals surface area contributed by atoms with E-state index in [1.807, 2.05) is 12.1 Å². The molecule has 0 spiro atoms. The van der Waals surface area contributed by atoms with Crippen LogP contribution in [0, 0.1) is 17.0 Å². The molecule has 3 rings (SSSR count). The molecule has 2 aromatic rings. The number of piperazine rings is 1. The van der Waals surface area contributed by atoms with E-state index in [0.717, 1.165) is 31.9 Å². The fraction of sp³-hybridized carbons (Fsp3) is 0.333. The lowest BCUT2D eigenvalue weighted by molar-refractivity contribution is -0.384. The van der Waals surface area contributed by atoms with Gasteiger partial charge in [-0.15, -0.1) is 0 Å². The van der Waals surface area contributed by atoms with Crippen LogP contribution in [0.3, 0.4) is 0 Å². The molecular weight excluding hydrogens is 386 g/mol. The van der Waals surface area contributed by atoms with Crippen molar-refractivity contribution in [2.45, 2.75) is 13.3 Å². The number of benzene rings is 2. The maximum Gasteiger partial charge on any atom is 0.269 e. The Balaban J connectivity index is 1.44. The van der Waals surface area contributed by atoms with E-state index in [4.69, 9.17) is 5.73 Å². The topological polar surface area (TPSA) is 122 Å². The van der Waals surface area contributed by atoms with E-state index in [0.29, 0.717) is 29.8 Å². The van der Waals surface area contributed by atoms with Crippen LogP contribution in [0.1, 0.15) is 22.3 Å². The lowest BCUT2D eigenvalue weighted by Crippen LogP contribution is -2.47. The van der Waals surface area contributed by atoms with E-state index in [1.165, 1.54) is 12.1 Å². The summed E-state index contributed by atoms with van der Waals surface area (Å²) in [6.45, 7) is 5.71. The molecule has 1 heterocycles. The molecule has 1 fully saturated rings. The number of nitro groups is 1. The summed E-state index contributed by atoms with van der Waals surface area (Å²) in [5.41, 5.74) is 8.07. The van der Waals surface area contributed by atoms with Crippen LogP contribution in [0.15, 0.2) is 42.5 Å². The SMILES string of the molecule is Cc1cc([N+](=O)[O-])ccc1NC(=O)CCN1CCN(c2ccc(C(N)=O)cc2)CC1. The summed E-state index contributed by atoms with van der Waals surface area (Å²) in [5, 5.41) is 13.6. The fourth-order valence-electron chi connectivity index (χ4n) is 3.44. The number of nitrogens with zero attached hydrogens (tertiary/aromatic N) is 3. The first-order valence-corrected chi connectivity index (χ1v) is 9.75. The van der Waals surface area contributed by atoms with E-state index in [-0.39, 0.29) is 11.6 Å². The number of hydrogen-bond acceptors (Lipinski definition) is 6. The predicted octanol–water partition coefficient (Wildman–Crippen LogP) is 2.15. The molecule has 9 heteroatoms. The Kier molecular flexibility index (Phi) is 6.63. The maximum absolute atomic E-state index is 12.3. The molecule has 0 bridgehead atoms. The van der Waals surface area contributed by atoms with Crippen LogP contribution in [0.25, 0.3) is 0 Å². The Labute approximate surface area is 174 Å². The monoisotopic (exact) mass is 411 g/mol. The van der Waals surface area contributed by atoms with Crippen molar-refractivity contribution in [3.05, 3.63) is 63.7 Å². The molecule has 2 aromatic carbocycles. The summed E-state index contributed by atoms with van der Waals surface area (Å²) in [6, 6.07) is 11.7. The van der Waals surface area contributed by atoms with Crippen molar-refractivity contribution in [3.63, 3.8) is 0 Å². The first-order chi connectivity index (χ1) is 14.3. The van der Waals surface area contributed by atoms with Crippen molar-refractivity contribution in [2.24, 2.45) is 5.73 Å². The van der Waals surface area contributed by atoms with Crippen LogP contribution in [0.2, 0.25) is 0 Å². The van der Waals surface area contributed by atoms with Crippen molar-refractivity contribution in [1.82, 2.24) is 4.90 Å². The van der Waals surface area contributed by atoms with Gasteiger partial charge in [-0.3, -0.25) is 24.6 Å². The summed E-state index contributed by atoms with van der Waals surface area (Å²) >= 11 is 0. The summed E-state index contributed by atoms with van der Waals surface area (Å²) < 4.78 is 0. The second-order valence-corrected chi connectivity index (χ2v) is 7.29. The van der Waals surface area contributed by atoms with Gasteiger partial charge in [0.25, 0.3) is 5.69 Å². The van der Waals surface area contributed by atoms with Crippen LogP contribution in [0.5, 0.6) is 0 Å². The minimum Gasteiger partial charge on any atom is -0.369 e. The number of nitro benzene ring substituents is 1. The molecule has 30 heavy (non-hydrogen) atoms. The number of nitrogens with one attached hydrogen (secondary N) is 1. The van der Waals surface area contributed by atoms with Gasteiger partial charge in [0.15, 0.2) is 0 Å². The molecule has 0 aliphatic carbocycles. The summed E-state index contributed by atoms with van der Waals surface area (Å²) in [5.74, 6) is -0.551. The summed E-state index contributed by atoms with van der Waals surface area (Å²) in [7, 11) is 0. The lowest BCUT2D eigenvalue weighted by atomic mass is 10.1. The van der Waals surface area contributed by atoms with Crippen LogP contribution in [-0.4, -0.2) is 54.4 Å². The highest BCUT2D eigenvalue weighted by atomic mass is 16.6. The normalized spacial score (nSPS) is 14.4. The molecule has 0 radical (unpaired) electrons.